The number of aliphatic hydroxyl groups is 1. The smallest absolute Gasteiger partial charge is 0.340 e. The van der Waals surface area contributed by atoms with E-state index in [-0.39, 0.29) is 28.0 Å². The van der Waals surface area contributed by atoms with Crippen molar-refractivity contribution in [3.8, 4) is 0 Å². The van der Waals surface area contributed by atoms with Crippen molar-refractivity contribution < 1.29 is 27.8 Å². The Bertz CT molecular complexity index is 611. The van der Waals surface area contributed by atoms with Gasteiger partial charge in [0, 0.05) is 6.04 Å². The lowest BCUT2D eigenvalue weighted by Gasteiger charge is -2.31. The zero-order valence-electron chi connectivity index (χ0n) is 10.5. The highest BCUT2D eigenvalue weighted by Crippen LogP contribution is 2.28. The molecule has 1 aliphatic carbocycles. The summed E-state index contributed by atoms with van der Waals surface area (Å²) in [5.41, 5.74) is -0.343. The van der Waals surface area contributed by atoms with E-state index in [1.165, 1.54) is 13.8 Å². The number of hydrogen-bond donors (Lipinski definition) is 3. The third kappa shape index (κ3) is 2.51. The van der Waals surface area contributed by atoms with E-state index in [2.05, 4.69) is 4.72 Å². The highest BCUT2D eigenvalue weighted by Gasteiger charge is 2.36. The van der Waals surface area contributed by atoms with Crippen LogP contribution in [0.1, 0.15) is 34.7 Å². The van der Waals surface area contributed by atoms with Crippen LogP contribution in [0.2, 0.25) is 0 Å². The van der Waals surface area contributed by atoms with Gasteiger partial charge in [0.15, 0.2) is 0 Å². The Balaban J connectivity index is 2.37. The van der Waals surface area contributed by atoms with E-state index in [0.29, 0.717) is 12.8 Å². The number of aromatic carboxylic acids is 1. The number of carbonyl (C=O) groups is 1. The van der Waals surface area contributed by atoms with Gasteiger partial charge in [0.2, 0.25) is 10.0 Å². The van der Waals surface area contributed by atoms with Crippen LogP contribution in [0.4, 0.5) is 0 Å². The summed E-state index contributed by atoms with van der Waals surface area (Å²) < 4.78 is 31.8. The van der Waals surface area contributed by atoms with Crippen molar-refractivity contribution in [1.82, 2.24) is 4.72 Å². The first-order chi connectivity index (χ1) is 8.72. The molecule has 3 N–H and O–H groups in total. The Morgan fingerprint density at radius 2 is 1.89 bits per heavy atom. The molecule has 1 heterocycles. The summed E-state index contributed by atoms with van der Waals surface area (Å²) in [5, 5.41) is 18.2. The minimum absolute atomic E-state index is 0.0438. The molecule has 1 saturated carbocycles. The van der Waals surface area contributed by atoms with Crippen LogP contribution in [0.5, 0.6) is 0 Å². The largest absolute Gasteiger partial charge is 0.478 e. The summed E-state index contributed by atoms with van der Waals surface area (Å²) in [4.78, 5) is 10.8. The van der Waals surface area contributed by atoms with E-state index in [1.54, 1.807) is 0 Å². The number of rotatable bonds is 4. The monoisotopic (exact) mass is 289 g/mol. The van der Waals surface area contributed by atoms with Crippen molar-refractivity contribution in [2.45, 2.75) is 43.7 Å². The van der Waals surface area contributed by atoms with Gasteiger partial charge >= 0.3 is 5.97 Å². The third-order valence-corrected chi connectivity index (χ3v) is 4.80. The minimum Gasteiger partial charge on any atom is -0.478 e. The van der Waals surface area contributed by atoms with Gasteiger partial charge in [0.1, 0.15) is 22.0 Å². The second-order valence-corrected chi connectivity index (χ2v) is 6.32. The van der Waals surface area contributed by atoms with Crippen LogP contribution in [0, 0.1) is 13.8 Å². The third-order valence-electron chi connectivity index (χ3n) is 3.12. The number of carboxylic acid groups (broad SMARTS) is 1. The average Bonchev–Trinajstić information content (AvgIpc) is 2.51. The van der Waals surface area contributed by atoms with Gasteiger partial charge in [0.25, 0.3) is 0 Å². The fourth-order valence-electron chi connectivity index (χ4n) is 2.20. The molecule has 0 bridgehead atoms. The maximum absolute atomic E-state index is 12.2. The highest BCUT2D eigenvalue weighted by molar-refractivity contribution is 7.89. The number of carboxylic acids is 1. The number of hydrogen-bond acceptors (Lipinski definition) is 5. The summed E-state index contributed by atoms with van der Waals surface area (Å²) >= 11 is 0. The van der Waals surface area contributed by atoms with Crippen molar-refractivity contribution in [2.24, 2.45) is 0 Å². The number of nitrogens with one attached hydrogen (secondary N) is 1. The number of aryl methyl sites for hydroxylation is 2. The zero-order valence-corrected chi connectivity index (χ0v) is 11.3. The predicted molar refractivity (Wildman–Crippen MR) is 64.5 cm³/mol. The van der Waals surface area contributed by atoms with Crippen molar-refractivity contribution in [3.05, 3.63) is 17.1 Å². The molecule has 1 fully saturated rings. The zero-order chi connectivity index (χ0) is 14.4. The average molecular weight is 289 g/mol. The van der Waals surface area contributed by atoms with E-state index in [4.69, 9.17) is 14.6 Å². The quantitative estimate of drug-likeness (QED) is 0.738. The molecule has 8 heteroatoms. The maximum Gasteiger partial charge on any atom is 0.340 e. The topological polar surface area (TPSA) is 117 Å². The summed E-state index contributed by atoms with van der Waals surface area (Å²) in [5.74, 6) is -1.25. The Labute approximate surface area is 110 Å². The first-order valence-electron chi connectivity index (χ1n) is 5.76. The van der Waals surface area contributed by atoms with Gasteiger partial charge in [-0.2, -0.15) is 0 Å². The summed E-state index contributed by atoms with van der Waals surface area (Å²) in [6.45, 7) is 2.81. The van der Waals surface area contributed by atoms with Crippen LogP contribution in [-0.2, 0) is 10.0 Å². The Hall–Kier alpha value is -1.38. The predicted octanol–water partition coefficient (Wildman–Crippen LogP) is 0.396. The van der Waals surface area contributed by atoms with Crippen molar-refractivity contribution >= 4 is 16.0 Å². The minimum atomic E-state index is -3.96. The van der Waals surface area contributed by atoms with Crippen molar-refractivity contribution in [3.63, 3.8) is 0 Å². The maximum atomic E-state index is 12.2. The SMILES string of the molecule is Cc1oc(C)c(S(=O)(=O)NC2CC(O)C2)c1C(=O)O. The van der Waals surface area contributed by atoms with Gasteiger partial charge in [0.05, 0.1) is 6.10 Å². The molecule has 1 aromatic heterocycles. The van der Waals surface area contributed by atoms with E-state index in [1.807, 2.05) is 0 Å². The second-order valence-electron chi connectivity index (χ2n) is 4.67. The highest BCUT2D eigenvalue weighted by atomic mass is 32.2. The molecular formula is C11H15NO6S. The molecule has 7 nitrogen and oxygen atoms in total. The Kier molecular flexibility index (Phi) is 3.41. The van der Waals surface area contributed by atoms with Crippen LogP contribution in [0.25, 0.3) is 0 Å². The van der Waals surface area contributed by atoms with Crippen molar-refractivity contribution in [2.75, 3.05) is 0 Å². The molecule has 0 radical (unpaired) electrons. The fourth-order valence-corrected chi connectivity index (χ4v) is 3.87. The molecule has 1 aromatic rings. The molecule has 0 amide bonds. The Morgan fingerprint density at radius 1 is 1.32 bits per heavy atom. The molecule has 0 unspecified atom stereocenters. The summed E-state index contributed by atoms with van der Waals surface area (Å²) in [7, 11) is -3.96. The molecule has 0 aromatic carbocycles. The summed E-state index contributed by atoms with van der Waals surface area (Å²) in [6.07, 6.45) is 0.161. The second kappa shape index (κ2) is 4.62. The van der Waals surface area contributed by atoms with Crippen LogP contribution in [-0.4, -0.2) is 36.7 Å². The molecule has 0 spiro atoms. The lowest BCUT2D eigenvalue weighted by molar-refractivity contribution is 0.0684. The molecule has 19 heavy (non-hydrogen) atoms. The number of aliphatic hydroxyl groups excluding tert-OH is 1. The lowest BCUT2D eigenvalue weighted by Crippen LogP contribution is -2.46. The van der Waals surface area contributed by atoms with Gasteiger partial charge in [-0.3, -0.25) is 0 Å². The standard InChI is InChI=1S/C11H15NO6S/c1-5-9(11(14)15)10(6(2)18-5)19(16,17)12-7-3-8(13)4-7/h7-8,12-13H,3-4H2,1-2H3,(H,14,15). The van der Waals surface area contributed by atoms with Crippen LogP contribution in [0.3, 0.4) is 0 Å². The van der Waals surface area contributed by atoms with Gasteiger partial charge in [-0.15, -0.1) is 0 Å². The van der Waals surface area contributed by atoms with Crippen molar-refractivity contribution in [1.29, 1.82) is 0 Å². The van der Waals surface area contributed by atoms with Gasteiger partial charge in [-0.05, 0) is 26.7 Å². The van der Waals surface area contributed by atoms with Crippen LogP contribution in [0.15, 0.2) is 9.31 Å². The first-order valence-corrected chi connectivity index (χ1v) is 7.24. The summed E-state index contributed by atoms with van der Waals surface area (Å²) in [6, 6.07) is -0.365. The van der Waals surface area contributed by atoms with Crippen LogP contribution < -0.4 is 4.72 Å². The molecule has 0 saturated heterocycles. The molecule has 106 valence electrons. The first kappa shape index (κ1) is 14.0. The van der Waals surface area contributed by atoms with E-state index in [9.17, 15) is 13.2 Å². The van der Waals surface area contributed by atoms with Gasteiger partial charge in [-0.1, -0.05) is 0 Å². The fraction of sp³-hybridized carbons (Fsp3) is 0.545. The molecule has 2 rings (SSSR count). The normalized spacial score (nSPS) is 23.1. The molecule has 0 aliphatic heterocycles. The lowest BCUT2D eigenvalue weighted by atomic mass is 9.91. The molecule has 1 aliphatic rings. The number of furan rings is 1. The van der Waals surface area contributed by atoms with E-state index in [0.717, 1.165) is 0 Å². The van der Waals surface area contributed by atoms with Crippen LogP contribution >= 0.6 is 0 Å². The van der Waals surface area contributed by atoms with Gasteiger partial charge in [-0.25, -0.2) is 17.9 Å². The van der Waals surface area contributed by atoms with E-state index < -0.39 is 22.1 Å². The molecule has 0 atom stereocenters. The molecular weight excluding hydrogens is 274 g/mol. The Morgan fingerprint density at radius 3 is 2.37 bits per heavy atom. The van der Waals surface area contributed by atoms with Gasteiger partial charge < -0.3 is 14.6 Å². The number of sulfonamides is 1. The van der Waals surface area contributed by atoms with E-state index >= 15 is 0 Å².